The summed E-state index contributed by atoms with van der Waals surface area (Å²) in [5.41, 5.74) is 11.1. The maximum absolute atomic E-state index is 14.2. The Morgan fingerprint density at radius 3 is 2.37 bits per heavy atom. The van der Waals surface area contributed by atoms with Crippen molar-refractivity contribution in [1.29, 1.82) is 0 Å². The van der Waals surface area contributed by atoms with Crippen molar-refractivity contribution in [2.24, 2.45) is 17.1 Å². The van der Waals surface area contributed by atoms with E-state index in [9.17, 15) is 37.5 Å². The summed E-state index contributed by atoms with van der Waals surface area (Å²) < 4.78 is 28.5. The van der Waals surface area contributed by atoms with Crippen LogP contribution >= 0.6 is 27.3 Å². The van der Waals surface area contributed by atoms with Crippen molar-refractivity contribution in [2.75, 3.05) is 42.6 Å². The van der Waals surface area contributed by atoms with Gasteiger partial charge in [-0.15, -0.1) is 11.3 Å². The van der Waals surface area contributed by atoms with Gasteiger partial charge in [0, 0.05) is 70.0 Å². The number of aromatic nitrogens is 3. The van der Waals surface area contributed by atoms with Crippen LogP contribution in [-0.2, 0) is 29.2 Å². The molecule has 0 spiro atoms. The molecule has 0 saturated carbocycles. The number of aryl methyl sites for hydroxylation is 2. The molecular formula is C47H61BrN10O8S2. The SMILES string of the molecule is Cc1cccc(Nc2nc(NC3CCN(S(=O)(=O)CCNC(=O)CCC(=O)C[C@H](C(=O)N4C[C@H](O)C[C@H]4C(=O)N[C@@H](C)c4ccc(-c5scnc5C)cc4)C(C)(C)C)CC3)ncc2Br)c1C(N)=O. The third-order valence-electron chi connectivity index (χ3n) is 12.4. The third kappa shape index (κ3) is 13.2. The van der Waals surface area contributed by atoms with Crippen LogP contribution in [0.5, 0.6) is 0 Å². The summed E-state index contributed by atoms with van der Waals surface area (Å²) in [7, 11) is -3.72. The topological polar surface area (TPSA) is 259 Å². The average Bonchev–Trinajstić information content (AvgIpc) is 3.90. The lowest BCUT2D eigenvalue weighted by molar-refractivity contribution is -0.146. The number of halogens is 1. The summed E-state index contributed by atoms with van der Waals surface area (Å²) in [6, 6.07) is 11.7. The minimum absolute atomic E-state index is 0.0490. The summed E-state index contributed by atoms with van der Waals surface area (Å²) in [5.74, 6) is -2.64. The van der Waals surface area contributed by atoms with Crippen molar-refractivity contribution in [3.8, 4) is 10.4 Å². The van der Waals surface area contributed by atoms with Crippen molar-refractivity contribution in [2.45, 2.75) is 104 Å². The van der Waals surface area contributed by atoms with E-state index in [-0.39, 0.29) is 75.5 Å². The van der Waals surface area contributed by atoms with Gasteiger partial charge in [-0.25, -0.2) is 22.7 Å². The van der Waals surface area contributed by atoms with Crippen LogP contribution in [0.25, 0.3) is 10.4 Å². The molecule has 4 aromatic rings. The number of hydrogen-bond donors (Lipinski definition) is 6. The molecule has 7 N–H and O–H groups in total. The van der Waals surface area contributed by atoms with E-state index in [1.165, 1.54) is 9.21 Å². The maximum atomic E-state index is 14.2. The number of aliphatic hydroxyl groups excluding tert-OH is 1. The zero-order valence-electron chi connectivity index (χ0n) is 39.2. The Morgan fingerprint density at radius 2 is 1.72 bits per heavy atom. The van der Waals surface area contributed by atoms with Crippen LogP contribution in [0.4, 0.5) is 17.5 Å². The molecule has 0 bridgehead atoms. The molecular weight excluding hydrogens is 977 g/mol. The van der Waals surface area contributed by atoms with Gasteiger partial charge in [0.15, 0.2) is 0 Å². The molecule has 4 amide bonds. The number of nitrogens with two attached hydrogens (primary N) is 1. The molecule has 2 aromatic carbocycles. The zero-order valence-corrected chi connectivity index (χ0v) is 42.4. The van der Waals surface area contributed by atoms with E-state index in [0.29, 0.717) is 45.9 Å². The molecule has 6 rings (SSSR count). The molecule has 18 nitrogen and oxygen atoms in total. The van der Waals surface area contributed by atoms with Gasteiger partial charge in [-0.3, -0.25) is 24.0 Å². The molecule has 2 saturated heterocycles. The minimum Gasteiger partial charge on any atom is -0.391 e. The van der Waals surface area contributed by atoms with Gasteiger partial charge < -0.3 is 37.0 Å². The summed E-state index contributed by atoms with van der Waals surface area (Å²) in [5, 5.41) is 22.7. The number of carbonyl (C=O) groups is 5. The Labute approximate surface area is 409 Å². The quantitative estimate of drug-likeness (QED) is 0.0690. The monoisotopic (exact) mass is 1040 g/mol. The van der Waals surface area contributed by atoms with Gasteiger partial charge in [-0.2, -0.15) is 4.98 Å². The van der Waals surface area contributed by atoms with Crippen molar-refractivity contribution >= 4 is 84.2 Å². The highest BCUT2D eigenvalue weighted by Crippen LogP contribution is 2.35. The number of anilines is 3. The van der Waals surface area contributed by atoms with Gasteiger partial charge in [0.25, 0.3) is 5.91 Å². The molecule has 0 aliphatic carbocycles. The largest absolute Gasteiger partial charge is 0.391 e. The molecule has 2 aliphatic heterocycles. The minimum atomic E-state index is -3.72. The predicted molar refractivity (Wildman–Crippen MR) is 264 cm³/mol. The number of β-amino-alcohol motifs (C(OH)–C–C–N with tert-alkyl or cyclic N) is 1. The number of primary amides is 1. The molecule has 2 fully saturated rings. The second-order valence-corrected chi connectivity index (χ2v) is 22.3. The molecule has 2 aliphatic rings. The highest BCUT2D eigenvalue weighted by atomic mass is 79.9. The summed E-state index contributed by atoms with van der Waals surface area (Å²) in [6.45, 7) is 11.4. The molecule has 4 heterocycles. The Morgan fingerprint density at radius 1 is 1.01 bits per heavy atom. The number of aliphatic hydroxyl groups is 1. The summed E-state index contributed by atoms with van der Waals surface area (Å²) in [4.78, 5) is 81.8. The zero-order chi connectivity index (χ0) is 49.5. The number of likely N-dealkylation sites (tertiary alicyclic amines) is 1. The number of thiazole rings is 1. The van der Waals surface area contributed by atoms with E-state index in [1.807, 2.05) is 58.9 Å². The number of hydrogen-bond acceptors (Lipinski definition) is 14. The fourth-order valence-corrected chi connectivity index (χ4v) is 11.0. The molecule has 68 heavy (non-hydrogen) atoms. The number of Topliss-reactive ketones (excluding diaryl/α,β-unsaturated/α-hetero) is 1. The third-order valence-corrected chi connectivity index (χ3v) is 15.9. The van der Waals surface area contributed by atoms with E-state index in [2.05, 4.69) is 52.1 Å². The summed E-state index contributed by atoms with van der Waals surface area (Å²) >= 11 is 5.00. The van der Waals surface area contributed by atoms with Gasteiger partial charge >= 0.3 is 0 Å². The van der Waals surface area contributed by atoms with Gasteiger partial charge in [0.2, 0.25) is 33.7 Å². The standard InChI is InChI=1S/C47H61BrN10O8S2/c1-27-8-7-9-37(40(27)42(49)62)55-43-36(48)24-51-46(56-43)54-32-16-19-57(20-17-32)68(65,66)21-18-50-39(61)15-14-33(59)22-35(47(4,5)6)45(64)58-25-34(60)23-38(58)44(63)53-28(2)30-10-12-31(13-11-30)41-29(3)52-26-67-41/h7-13,24,26,28,32,34-35,38,60H,14-23,25H2,1-6H3,(H2,49,62)(H,50,61)(H,53,63)(H2,51,54,55,56)/t28-,34+,35+,38-/m0/s1. The number of ketones is 1. The molecule has 21 heteroatoms. The smallest absolute Gasteiger partial charge is 0.251 e. The second kappa shape index (κ2) is 22.4. The van der Waals surface area contributed by atoms with E-state index < -0.39 is 57.1 Å². The number of rotatable bonds is 19. The number of benzene rings is 2. The van der Waals surface area contributed by atoms with Crippen LogP contribution in [0, 0.1) is 25.2 Å². The van der Waals surface area contributed by atoms with Gasteiger partial charge in [-0.05, 0) is 77.7 Å². The van der Waals surface area contributed by atoms with Crippen LogP contribution in [0.15, 0.2) is 58.6 Å². The fraction of sp³-hybridized carbons (Fsp3) is 0.489. The Balaban J connectivity index is 0.936. The Bertz CT molecular complexity index is 2600. The Hall–Kier alpha value is -5.35. The van der Waals surface area contributed by atoms with Crippen LogP contribution in [0.1, 0.15) is 99.4 Å². The number of amides is 4. The lowest BCUT2D eigenvalue weighted by atomic mass is 9.76. The van der Waals surface area contributed by atoms with Gasteiger partial charge in [0.05, 0.1) is 49.7 Å². The van der Waals surface area contributed by atoms with Crippen molar-refractivity contribution in [1.82, 2.24) is 34.8 Å². The second-order valence-electron chi connectivity index (χ2n) is 18.5. The Kier molecular flexibility index (Phi) is 17.1. The maximum Gasteiger partial charge on any atom is 0.251 e. The number of piperidine rings is 1. The first-order chi connectivity index (χ1) is 32.1. The first kappa shape index (κ1) is 52.0. The lowest BCUT2D eigenvalue weighted by Gasteiger charge is -2.35. The van der Waals surface area contributed by atoms with Crippen LogP contribution < -0.4 is 27.0 Å². The van der Waals surface area contributed by atoms with Crippen molar-refractivity contribution in [3.05, 3.63) is 81.0 Å². The first-order valence-electron chi connectivity index (χ1n) is 22.6. The fourth-order valence-electron chi connectivity index (χ4n) is 8.50. The highest BCUT2D eigenvalue weighted by molar-refractivity contribution is 9.10. The van der Waals surface area contributed by atoms with Crippen LogP contribution in [0.2, 0.25) is 0 Å². The molecule has 366 valence electrons. The van der Waals surface area contributed by atoms with Gasteiger partial charge in [0.1, 0.15) is 17.6 Å². The van der Waals surface area contributed by atoms with E-state index >= 15 is 0 Å². The predicted octanol–water partition coefficient (Wildman–Crippen LogP) is 5.39. The van der Waals surface area contributed by atoms with Crippen molar-refractivity contribution in [3.63, 3.8) is 0 Å². The molecule has 0 radical (unpaired) electrons. The van der Waals surface area contributed by atoms with Gasteiger partial charge in [-0.1, -0.05) is 57.2 Å². The molecule has 0 unspecified atom stereocenters. The number of carbonyl (C=O) groups excluding carboxylic acids is 5. The first-order valence-corrected chi connectivity index (χ1v) is 25.9. The van der Waals surface area contributed by atoms with E-state index in [1.54, 1.807) is 48.2 Å². The number of nitrogens with zero attached hydrogens (tertiary/aromatic N) is 5. The number of sulfonamides is 1. The average molecular weight is 1040 g/mol. The molecule has 2 aromatic heterocycles. The van der Waals surface area contributed by atoms with E-state index in [4.69, 9.17) is 5.73 Å². The lowest BCUT2D eigenvalue weighted by Crippen LogP contribution is -2.50. The van der Waals surface area contributed by atoms with E-state index in [0.717, 1.165) is 21.7 Å². The highest BCUT2D eigenvalue weighted by Gasteiger charge is 2.44. The van der Waals surface area contributed by atoms with Crippen LogP contribution in [-0.4, -0.2) is 117 Å². The normalized spacial score (nSPS) is 17.9. The molecule has 4 atom stereocenters. The van der Waals surface area contributed by atoms with Crippen LogP contribution in [0.3, 0.4) is 0 Å². The number of nitrogens with one attached hydrogen (secondary N) is 4. The van der Waals surface area contributed by atoms with Crippen molar-refractivity contribution < 1.29 is 37.5 Å². The summed E-state index contributed by atoms with van der Waals surface area (Å²) in [6.07, 6.45) is 1.15.